The van der Waals surface area contributed by atoms with Gasteiger partial charge in [-0.3, -0.25) is 4.98 Å². The molecule has 3 heteroatoms. The monoisotopic (exact) mass is 162 g/mol. The van der Waals surface area contributed by atoms with Gasteiger partial charge in [0.1, 0.15) is 0 Å². The van der Waals surface area contributed by atoms with Crippen LogP contribution in [0.3, 0.4) is 0 Å². The minimum atomic E-state index is 0. The van der Waals surface area contributed by atoms with Crippen LogP contribution in [0.2, 0.25) is 0 Å². The van der Waals surface area contributed by atoms with Gasteiger partial charge in [-0.2, -0.15) is 11.6 Å². The van der Waals surface area contributed by atoms with Gasteiger partial charge in [0.15, 0.2) is 0 Å². The fourth-order valence-corrected chi connectivity index (χ4v) is 0.997. The first kappa shape index (κ1) is 9.98. The molecule has 0 aliphatic rings. The number of aromatic nitrogens is 2. The molecule has 0 saturated carbocycles. The Balaban J connectivity index is 0.000000845. The van der Waals surface area contributed by atoms with Crippen molar-refractivity contribution in [3.63, 3.8) is 0 Å². The van der Waals surface area contributed by atoms with Crippen LogP contribution >= 0.6 is 0 Å². The largest absolute Gasteiger partial charge is 1.00 e. The molecule has 58 valence electrons. The molecule has 0 aliphatic heterocycles. The molecule has 0 saturated heterocycles. The van der Waals surface area contributed by atoms with E-state index in [-0.39, 0.29) is 18.9 Å². The minimum absolute atomic E-state index is 0. The molecule has 13 heavy (non-hydrogen) atoms. The molecule has 2 rings (SSSR count). The second-order valence-electron chi connectivity index (χ2n) is 2.37. The molecule has 0 amide bonds. The predicted octanol–water partition coefficient (Wildman–Crippen LogP) is -1.05. The van der Waals surface area contributed by atoms with E-state index in [1.54, 1.807) is 18.6 Å². The van der Waals surface area contributed by atoms with Crippen molar-refractivity contribution >= 4 is 0 Å². The van der Waals surface area contributed by atoms with Crippen LogP contribution in [0.25, 0.3) is 11.3 Å². The van der Waals surface area contributed by atoms with Crippen LogP contribution in [-0.2, 0) is 0 Å². The second kappa shape index (κ2) is 4.81. The number of hydrogen-bond acceptors (Lipinski definition) is 2. The summed E-state index contributed by atoms with van der Waals surface area (Å²) in [5, 5.41) is 0. The second-order valence-corrected chi connectivity index (χ2v) is 2.37. The quantitative estimate of drug-likeness (QED) is 0.395. The molecule has 0 atom stereocenters. The van der Waals surface area contributed by atoms with Gasteiger partial charge in [0.05, 0.1) is 0 Å². The van der Waals surface area contributed by atoms with Crippen molar-refractivity contribution < 1.29 is 18.9 Å². The normalized spacial score (nSPS) is 8.92. The molecular formula is C10H7LiN2. The van der Waals surface area contributed by atoms with E-state index in [0.717, 1.165) is 11.3 Å². The van der Waals surface area contributed by atoms with E-state index in [4.69, 9.17) is 0 Å². The summed E-state index contributed by atoms with van der Waals surface area (Å²) in [6, 6.07) is 10.7. The summed E-state index contributed by atoms with van der Waals surface area (Å²) in [6.07, 6.45) is 5.15. The minimum Gasteiger partial charge on any atom is -0.321 e. The summed E-state index contributed by atoms with van der Waals surface area (Å²) < 4.78 is 0. The van der Waals surface area contributed by atoms with E-state index in [0.29, 0.717) is 0 Å². The average Bonchev–Trinajstić information content (AvgIpc) is 2.21. The van der Waals surface area contributed by atoms with Crippen LogP contribution in [0.4, 0.5) is 0 Å². The van der Waals surface area contributed by atoms with E-state index >= 15 is 0 Å². The van der Waals surface area contributed by atoms with E-state index in [1.807, 2.05) is 24.3 Å². The molecule has 0 spiro atoms. The Bertz CT molecular complexity index is 310. The molecule has 2 aromatic rings. The van der Waals surface area contributed by atoms with Gasteiger partial charge < -0.3 is 4.98 Å². The first-order chi connectivity index (χ1) is 5.97. The maximum absolute atomic E-state index is 4.19. The Labute approximate surface area is 89.2 Å². The van der Waals surface area contributed by atoms with Gasteiger partial charge in [0, 0.05) is 6.20 Å². The number of nitrogens with zero attached hydrogens (tertiary/aromatic N) is 2. The van der Waals surface area contributed by atoms with Gasteiger partial charge in [-0.05, 0) is 24.2 Å². The Morgan fingerprint density at radius 3 is 2.62 bits per heavy atom. The van der Waals surface area contributed by atoms with Crippen molar-refractivity contribution in [1.29, 1.82) is 0 Å². The van der Waals surface area contributed by atoms with Crippen molar-refractivity contribution in [1.82, 2.24) is 9.97 Å². The van der Waals surface area contributed by atoms with Gasteiger partial charge in [0.2, 0.25) is 0 Å². The van der Waals surface area contributed by atoms with Gasteiger partial charge >= 0.3 is 18.9 Å². The maximum atomic E-state index is 4.19. The standard InChI is InChI=1S/C10H7N2.Li/c1-2-6-12-10(3-1)9-4-7-11-8-5-9;/h1-4,6-8H;/q-1;+1. The van der Waals surface area contributed by atoms with E-state index in [9.17, 15) is 0 Å². The van der Waals surface area contributed by atoms with E-state index < -0.39 is 0 Å². The van der Waals surface area contributed by atoms with Gasteiger partial charge in [-0.1, -0.05) is 12.1 Å². The molecular weight excluding hydrogens is 155 g/mol. The van der Waals surface area contributed by atoms with Gasteiger partial charge in [-0.15, -0.1) is 6.07 Å². The average molecular weight is 162 g/mol. The summed E-state index contributed by atoms with van der Waals surface area (Å²) in [6.45, 7) is 0. The molecule has 0 aromatic carbocycles. The fourth-order valence-electron chi connectivity index (χ4n) is 0.997. The zero-order chi connectivity index (χ0) is 8.23. The Kier molecular flexibility index (Phi) is 3.69. The Morgan fingerprint density at radius 2 is 2.00 bits per heavy atom. The van der Waals surface area contributed by atoms with Crippen molar-refractivity contribution in [2.45, 2.75) is 0 Å². The third-order valence-corrected chi connectivity index (χ3v) is 1.56. The Hall–Kier alpha value is -1.10. The molecule has 0 fully saturated rings. The predicted molar refractivity (Wildman–Crippen MR) is 46.3 cm³/mol. The number of hydrogen-bond donors (Lipinski definition) is 0. The molecule has 0 bridgehead atoms. The Morgan fingerprint density at radius 1 is 1.08 bits per heavy atom. The zero-order valence-electron chi connectivity index (χ0n) is 7.44. The first-order valence-corrected chi connectivity index (χ1v) is 3.70. The third-order valence-electron chi connectivity index (χ3n) is 1.56. The van der Waals surface area contributed by atoms with E-state index in [1.165, 1.54) is 0 Å². The maximum Gasteiger partial charge on any atom is 1.00 e. The SMILES string of the molecule is [Li+].[c-]1cnccc1-c1ccccn1. The van der Waals surface area contributed by atoms with Crippen LogP contribution in [-0.4, -0.2) is 9.97 Å². The van der Waals surface area contributed by atoms with Crippen LogP contribution in [0.15, 0.2) is 42.9 Å². The fraction of sp³-hybridized carbons (Fsp3) is 0. The smallest absolute Gasteiger partial charge is 0.321 e. The molecule has 2 heterocycles. The van der Waals surface area contributed by atoms with Gasteiger partial charge in [0.25, 0.3) is 0 Å². The molecule has 2 aromatic heterocycles. The van der Waals surface area contributed by atoms with E-state index in [2.05, 4.69) is 16.0 Å². The zero-order valence-corrected chi connectivity index (χ0v) is 7.44. The number of rotatable bonds is 1. The molecule has 0 radical (unpaired) electrons. The summed E-state index contributed by atoms with van der Waals surface area (Å²) >= 11 is 0. The molecule has 0 aliphatic carbocycles. The summed E-state index contributed by atoms with van der Waals surface area (Å²) in [4.78, 5) is 8.08. The van der Waals surface area contributed by atoms with Crippen LogP contribution < -0.4 is 18.9 Å². The molecule has 0 N–H and O–H groups in total. The number of pyridine rings is 2. The molecule has 2 nitrogen and oxygen atoms in total. The van der Waals surface area contributed by atoms with Crippen LogP contribution in [0.1, 0.15) is 0 Å². The third kappa shape index (κ3) is 2.42. The summed E-state index contributed by atoms with van der Waals surface area (Å²) in [5.74, 6) is 0. The summed E-state index contributed by atoms with van der Waals surface area (Å²) in [7, 11) is 0. The topological polar surface area (TPSA) is 25.8 Å². The molecule has 0 unspecified atom stereocenters. The van der Waals surface area contributed by atoms with Crippen molar-refractivity contribution in [3.05, 3.63) is 48.9 Å². The van der Waals surface area contributed by atoms with Crippen LogP contribution in [0, 0.1) is 6.07 Å². The van der Waals surface area contributed by atoms with Crippen LogP contribution in [0.5, 0.6) is 0 Å². The van der Waals surface area contributed by atoms with Crippen molar-refractivity contribution in [2.75, 3.05) is 0 Å². The van der Waals surface area contributed by atoms with Crippen molar-refractivity contribution in [2.24, 2.45) is 0 Å². The summed E-state index contributed by atoms with van der Waals surface area (Å²) in [5.41, 5.74) is 1.91. The van der Waals surface area contributed by atoms with Gasteiger partial charge in [-0.25, -0.2) is 0 Å². The first-order valence-electron chi connectivity index (χ1n) is 3.70. The van der Waals surface area contributed by atoms with Crippen molar-refractivity contribution in [3.8, 4) is 11.3 Å².